The van der Waals surface area contributed by atoms with Crippen LogP contribution in [0.5, 0.6) is 0 Å². The summed E-state index contributed by atoms with van der Waals surface area (Å²) in [5, 5.41) is 2.93. The number of morpholine rings is 1. The number of carbonyl (C=O) groups excluding carboxylic acids is 2. The molecule has 28 heavy (non-hydrogen) atoms. The van der Waals surface area contributed by atoms with Gasteiger partial charge < -0.3 is 24.3 Å². The summed E-state index contributed by atoms with van der Waals surface area (Å²) >= 11 is 0. The lowest BCUT2D eigenvalue weighted by Gasteiger charge is -2.45. The van der Waals surface area contributed by atoms with Crippen molar-refractivity contribution in [2.24, 2.45) is 0 Å². The summed E-state index contributed by atoms with van der Waals surface area (Å²) in [7, 11) is 0. The first-order valence-corrected chi connectivity index (χ1v) is 10.5. The fourth-order valence-corrected chi connectivity index (χ4v) is 4.59. The minimum absolute atomic E-state index is 0.0750. The van der Waals surface area contributed by atoms with Gasteiger partial charge in [-0.05, 0) is 45.6 Å². The fraction of sp³-hybridized carbons (Fsp3) is 0.714. The molecule has 2 amide bonds. The molecule has 4 rings (SSSR count). The van der Waals surface area contributed by atoms with Crippen LogP contribution in [0.25, 0.3) is 0 Å². The normalized spacial score (nSPS) is 25.0. The highest BCUT2D eigenvalue weighted by Gasteiger charge is 2.35. The highest BCUT2D eigenvalue weighted by Crippen LogP contribution is 2.29. The highest BCUT2D eigenvalue weighted by molar-refractivity contribution is 5.95. The molecule has 7 heteroatoms. The van der Waals surface area contributed by atoms with Crippen LogP contribution >= 0.6 is 0 Å². The number of nitrogens with zero attached hydrogens (tertiary/aromatic N) is 2. The first-order valence-electron chi connectivity index (χ1n) is 10.5. The van der Waals surface area contributed by atoms with E-state index in [-0.39, 0.29) is 24.5 Å². The lowest BCUT2D eigenvalue weighted by Crippen LogP contribution is -2.57. The van der Waals surface area contributed by atoms with Crippen LogP contribution in [-0.2, 0) is 9.53 Å². The Kier molecular flexibility index (Phi) is 5.73. The van der Waals surface area contributed by atoms with Crippen molar-refractivity contribution in [3.05, 3.63) is 23.2 Å². The van der Waals surface area contributed by atoms with Crippen LogP contribution in [0.2, 0.25) is 0 Å². The molecule has 0 bridgehead atoms. The number of hydrogen-bond donors (Lipinski definition) is 1. The van der Waals surface area contributed by atoms with Gasteiger partial charge in [0.25, 0.3) is 5.91 Å². The molecular weight excluding hydrogens is 358 g/mol. The van der Waals surface area contributed by atoms with E-state index in [0.29, 0.717) is 30.5 Å². The molecule has 3 aliphatic rings. The zero-order valence-corrected chi connectivity index (χ0v) is 16.9. The molecule has 0 aromatic carbocycles. The average molecular weight is 389 g/mol. The molecule has 1 aliphatic carbocycles. The third-order valence-electron chi connectivity index (χ3n) is 6.47. The summed E-state index contributed by atoms with van der Waals surface area (Å²) in [6.07, 6.45) is 5.93. The Hall–Kier alpha value is -1.86. The lowest BCUT2D eigenvalue weighted by molar-refractivity contribution is -0.153. The van der Waals surface area contributed by atoms with E-state index in [4.69, 9.17) is 9.15 Å². The molecule has 7 nitrogen and oxygen atoms in total. The topological polar surface area (TPSA) is 75.0 Å². The maximum Gasteiger partial charge on any atom is 0.254 e. The van der Waals surface area contributed by atoms with Crippen LogP contribution in [0.15, 0.2) is 10.5 Å². The molecule has 0 radical (unpaired) electrons. The van der Waals surface area contributed by atoms with Crippen molar-refractivity contribution in [3.8, 4) is 0 Å². The quantitative estimate of drug-likeness (QED) is 0.832. The van der Waals surface area contributed by atoms with E-state index >= 15 is 0 Å². The van der Waals surface area contributed by atoms with Crippen LogP contribution in [-0.4, -0.2) is 72.6 Å². The van der Waals surface area contributed by atoms with Gasteiger partial charge in [0, 0.05) is 38.3 Å². The van der Waals surface area contributed by atoms with Crippen molar-refractivity contribution in [2.45, 2.75) is 64.1 Å². The van der Waals surface area contributed by atoms with Crippen LogP contribution in [0.4, 0.5) is 0 Å². The van der Waals surface area contributed by atoms with Gasteiger partial charge in [-0.25, -0.2) is 0 Å². The van der Waals surface area contributed by atoms with Crippen molar-refractivity contribution < 1.29 is 18.7 Å². The van der Waals surface area contributed by atoms with Gasteiger partial charge in [-0.1, -0.05) is 6.42 Å². The number of ether oxygens (including phenoxy) is 1. The maximum absolute atomic E-state index is 12.4. The van der Waals surface area contributed by atoms with Gasteiger partial charge in [0.2, 0.25) is 5.91 Å². The zero-order chi connectivity index (χ0) is 19.7. The molecule has 1 atom stereocenters. The lowest BCUT2D eigenvalue weighted by atomic mass is 9.89. The molecule has 1 aromatic heterocycles. The predicted molar refractivity (Wildman–Crippen MR) is 104 cm³/mol. The van der Waals surface area contributed by atoms with Crippen molar-refractivity contribution in [1.82, 2.24) is 15.1 Å². The van der Waals surface area contributed by atoms with Gasteiger partial charge in [-0.15, -0.1) is 0 Å². The number of furan rings is 1. The Bertz CT molecular complexity index is 719. The van der Waals surface area contributed by atoms with E-state index in [1.807, 2.05) is 11.8 Å². The third kappa shape index (κ3) is 4.10. The van der Waals surface area contributed by atoms with Crippen LogP contribution in [0.1, 0.15) is 54.0 Å². The van der Waals surface area contributed by atoms with E-state index in [1.165, 1.54) is 19.3 Å². The maximum atomic E-state index is 12.4. The second-order valence-electron chi connectivity index (χ2n) is 8.37. The first kappa shape index (κ1) is 19.5. The van der Waals surface area contributed by atoms with Crippen molar-refractivity contribution in [2.75, 3.05) is 32.8 Å². The molecule has 0 spiro atoms. The molecule has 3 fully saturated rings. The van der Waals surface area contributed by atoms with Gasteiger partial charge >= 0.3 is 0 Å². The Balaban J connectivity index is 1.28. The highest BCUT2D eigenvalue weighted by atomic mass is 16.5. The number of aryl methyl sites for hydroxylation is 2. The number of amides is 2. The molecule has 2 aliphatic heterocycles. The molecule has 0 unspecified atom stereocenters. The molecule has 2 saturated heterocycles. The third-order valence-corrected chi connectivity index (χ3v) is 6.47. The summed E-state index contributed by atoms with van der Waals surface area (Å²) in [6.45, 7) is 6.83. The second kappa shape index (κ2) is 8.25. The van der Waals surface area contributed by atoms with E-state index in [1.54, 1.807) is 13.0 Å². The van der Waals surface area contributed by atoms with E-state index < -0.39 is 0 Å². The number of rotatable bonds is 5. The molecule has 154 valence electrons. The standard InChI is InChI=1S/C21H31N3O4/c1-14-10-19(15(2)28-14)21(26)22-11-18-12-24(20(25)13-27-18)17-6-8-23(9-7-17)16-4-3-5-16/h10,16-18H,3-9,11-13H2,1-2H3,(H,22,26)/t18-/m0/s1. The number of carbonyl (C=O) groups is 2. The second-order valence-corrected chi connectivity index (χ2v) is 8.37. The SMILES string of the molecule is Cc1cc(C(=O)NC[C@H]2CN(C3CCN(C4CCC4)CC3)C(=O)CO2)c(C)o1. The minimum atomic E-state index is -0.167. The van der Waals surface area contributed by atoms with Crippen molar-refractivity contribution in [3.63, 3.8) is 0 Å². The molecule has 3 heterocycles. The van der Waals surface area contributed by atoms with E-state index in [9.17, 15) is 9.59 Å². The van der Waals surface area contributed by atoms with Crippen LogP contribution < -0.4 is 5.32 Å². The Labute approximate surface area is 166 Å². The van der Waals surface area contributed by atoms with Gasteiger partial charge in [-0.3, -0.25) is 9.59 Å². The van der Waals surface area contributed by atoms with Gasteiger partial charge in [0.1, 0.15) is 18.1 Å². The summed E-state index contributed by atoms with van der Waals surface area (Å²) in [6, 6.07) is 2.82. The fourth-order valence-electron chi connectivity index (χ4n) is 4.59. The first-order chi connectivity index (χ1) is 13.5. The number of piperidine rings is 1. The zero-order valence-electron chi connectivity index (χ0n) is 16.9. The van der Waals surface area contributed by atoms with Gasteiger partial charge in [-0.2, -0.15) is 0 Å². The summed E-state index contributed by atoms with van der Waals surface area (Å²) in [5.41, 5.74) is 0.560. The van der Waals surface area contributed by atoms with Crippen molar-refractivity contribution >= 4 is 11.8 Å². The largest absolute Gasteiger partial charge is 0.466 e. The average Bonchev–Trinajstić information content (AvgIpc) is 2.98. The van der Waals surface area contributed by atoms with Gasteiger partial charge in [0.05, 0.1) is 11.7 Å². The molecular formula is C21H31N3O4. The Morgan fingerprint density at radius 3 is 2.54 bits per heavy atom. The Morgan fingerprint density at radius 1 is 1.18 bits per heavy atom. The molecule has 1 aromatic rings. The molecule has 1 saturated carbocycles. The Morgan fingerprint density at radius 2 is 1.93 bits per heavy atom. The smallest absolute Gasteiger partial charge is 0.254 e. The number of hydrogen-bond acceptors (Lipinski definition) is 5. The summed E-state index contributed by atoms with van der Waals surface area (Å²) < 4.78 is 11.1. The van der Waals surface area contributed by atoms with Crippen LogP contribution in [0, 0.1) is 13.8 Å². The van der Waals surface area contributed by atoms with E-state index in [2.05, 4.69) is 10.2 Å². The van der Waals surface area contributed by atoms with E-state index in [0.717, 1.165) is 37.7 Å². The monoisotopic (exact) mass is 389 g/mol. The summed E-state index contributed by atoms with van der Waals surface area (Å²) in [4.78, 5) is 29.4. The number of nitrogens with one attached hydrogen (secondary N) is 1. The predicted octanol–water partition coefficient (Wildman–Crippen LogP) is 1.87. The summed E-state index contributed by atoms with van der Waals surface area (Å²) in [5.74, 6) is 1.26. The van der Waals surface area contributed by atoms with Crippen LogP contribution in [0.3, 0.4) is 0 Å². The molecule has 1 N–H and O–H groups in total. The minimum Gasteiger partial charge on any atom is -0.466 e. The number of likely N-dealkylation sites (tertiary alicyclic amines) is 1. The van der Waals surface area contributed by atoms with Crippen molar-refractivity contribution in [1.29, 1.82) is 0 Å². The van der Waals surface area contributed by atoms with Gasteiger partial charge in [0.15, 0.2) is 0 Å².